The van der Waals surface area contributed by atoms with Crippen molar-refractivity contribution >= 4 is 23.2 Å². The van der Waals surface area contributed by atoms with E-state index in [0.717, 1.165) is 24.2 Å². The lowest BCUT2D eigenvalue weighted by molar-refractivity contribution is -0.146. The van der Waals surface area contributed by atoms with E-state index < -0.39 is 5.79 Å². The van der Waals surface area contributed by atoms with Crippen LogP contribution in [-0.2, 0) is 21.7 Å². The lowest BCUT2D eigenvalue weighted by atomic mass is 10.1. The molecule has 1 fully saturated rings. The molecule has 0 spiro atoms. The molecule has 2 heterocycles. The standard InChI is InChI=1S/C18H23ClN4O3/c1-12-15(16(24)23-17(20)22-12)3-2-8-21-14-6-4-13(5-7-14)18(11-19)25-9-10-26-18/h4-7,21H,2-3,8-11H2,1H3,(H3,20,22,23,24). The molecule has 26 heavy (non-hydrogen) atoms. The Morgan fingerprint density at radius 2 is 2.00 bits per heavy atom. The van der Waals surface area contributed by atoms with Gasteiger partial charge >= 0.3 is 0 Å². The molecule has 0 bridgehead atoms. The molecule has 2 aromatic rings. The van der Waals surface area contributed by atoms with E-state index in [1.165, 1.54) is 0 Å². The van der Waals surface area contributed by atoms with E-state index in [9.17, 15) is 4.79 Å². The van der Waals surface area contributed by atoms with Crippen LogP contribution in [0.5, 0.6) is 0 Å². The van der Waals surface area contributed by atoms with Gasteiger partial charge in [0.25, 0.3) is 5.56 Å². The first-order chi connectivity index (χ1) is 12.5. The third-order valence-corrected chi connectivity index (χ3v) is 4.78. The van der Waals surface area contributed by atoms with Gasteiger partial charge in [-0.05, 0) is 31.9 Å². The lowest BCUT2D eigenvalue weighted by Crippen LogP contribution is -2.29. The maximum Gasteiger partial charge on any atom is 0.255 e. The number of halogens is 1. The molecule has 140 valence electrons. The monoisotopic (exact) mass is 378 g/mol. The molecule has 7 nitrogen and oxygen atoms in total. The summed E-state index contributed by atoms with van der Waals surface area (Å²) in [6.45, 7) is 3.62. The predicted octanol–water partition coefficient (Wildman–Crippen LogP) is 2.14. The van der Waals surface area contributed by atoms with Gasteiger partial charge in [-0.25, -0.2) is 4.98 Å². The molecule has 1 aliphatic heterocycles. The smallest absolute Gasteiger partial charge is 0.255 e. The summed E-state index contributed by atoms with van der Waals surface area (Å²) >= 11 is 6.03. The van der Waals surface area contributed by atoms with Crippen LogP contribution in [0.2, 0.25) is 0 Å². The van der Waals surface area contributed by atoms with Gasteiger partial charge in [-0.3, -0.25) is 9.78 Å². The van der Waals surface area contributed by atoms with Crippen LogP contribution in [0.15, 0.2) is 29.1 Å². The van der Waals surface area contributed by atoms with E-state index >= 15 is 0 Å². The third-order valence-electron chi connectivity index (χ3n) is 4.43. The second-order valence-corrected chi connectivity index (χ2v) is 6.47. The van der Waals surface area contributed by atoms with Crippen LogP contribution in [-0.4, -0.2) is 35.6 Å². The number of aromatic nitrogens is 2. The van der Waals surface area contributed by atoms with Gasteiger partial charge in [-0.15, -0.1) is 11.6 Å². The van der Waals surface area contributed by atoms with Crippen LogP contribution in [0.3, 0.4) is 0 Å². The number of rotatable bonds is 7. The zero-order valence-electron chi connectivity index (χ0n) is 14.7. The fourth-order valence-electron chi connectivity index (χ4n) is 3.04. The zero-order chi connectivity index (χ0) is 18.6. The molecule has 0 aliphatic carbocycles. The maximum absolute atomic E-state index is 11.9. The van der Waals surface area contributed by atoms with Gasteiger partial charge in [0, 0.05) is 29.1 Å². The Hall–Kier alpha value is -2.09. The number of anilines is 2. The highest BCUT2D eigenvalue weighted by Crippen LogP contribution is 2.33. The van der Waals surface area contributed by atoms with E-state index in [1.807, 2.05) is 24.3 Å². The average Bonchev–Trinajstić information content (AvgIpc) is 3.11. The van der Waals surface area contributed by atoms with Crippen molar-refractivity contribution in [1.29, 1.82) is 0 Å². The summed E-state index contributed by atoms with van der Waals surface area (Å²) in [6.07, 6.45) is 1.44. The lowest BCUT2D eigenvalue weighted by Gasteiger charge is -2.25. The molecule has 0 radical (unpaired) electrons. The van der Waals surface area contributed by atoms with Crippen molar-refractivity contribution in [3.05, 3.63) is 51.4 Å². The van der Waals surface area contributed by atoms with Crippen LogP contribution < -0.4 is 16.6 Å². The molecule has 0 unspecified atom stereocenters. The largest absolute Gasteiger partial charge is 0.385 e. The van der Waals surface area contributed by atoms with Crippen molar-refractivity contribution in [2.45, 2.75) is 25.6 Å². The topological polar surface area (TPSA) is 102 Å². The number of nitrogens with two attached hydrogens (primary N) is 1. The van der Waals surface area contributed by atoms with Gasteiger partial charge in [0.2, 0.25) is 11.7 Å². The summed E-state index contributed by atoms with van der Waals surface area (Å²) in [5.41, 5.74) is 8.61. The van der Waals surface area contributed by atoms with Gasteiger partial charge in [-0.2, -0.15) is 0 Å². The van der Waals surface area contributed by atoms with E-state index in [4.69, 9.17) is 26.8 Å². The summed E-state index contributed by atoms with van der Waals surface area (Å²) in [5, 5.41) is 3.34. The molecule has 1 saturated heterocycles. The number of ether oxygens (including phenoxy) is 2. The van der Waals surface area contributed by atoms with Crippen LogP contribution in [0.25, 0.3) is 0 Å². The van der Waals surface area contributed by atoms with Gasteiger partial charge in [-0.1, -0.05) is 12.1 Å². The molecule has 1 aromatic carbocycles. The van der Waals surface area contributed by atoms with E-state index in [0.29, 0.717) is 30.9 Å². The zero-order valence-corrected chi connectivity index (χ0v) is 15.4. The quantitative estimate of drug-likeness (QED) is 0.504. The Morgan fingerprint density at radius 3 is 2.62 bits per heavy atom. The highest BCUT2D eigenvalue weighted by molar-refractivity contribution is 6.18. The van der Waals surface area contributed by atoms with Crippen LogP contribution in [0.1, 0.15) is 23.2 Å². The minimum absolute atomic E-state index is 0.152. The first-order valence-corrected chi connectivity index (χ1v) is 9.11. The maximum atomic E-state index is 11.9. The first kappa shape index (κ1) is 18.7. The molecule has 0 amide bonds. The molecule has 8 heteroatoms. The summed E-state index contributed by atoms with van der Waals surface area (Å²) < 4.78 is 11.3. The minimum Gasteiger partial charge on any atom is -0.385 e. The molecule has 3 rings (SSSR count). The first-order valence-electron chi connectivity index (χ1n) is 8.57. The van der Waals surface area contributed by atoms with E-state index in [-0.39, 0.29) is 17.4 Å². The number of aromatic amines is 1. The molecule has 4 N–H and O–H groups in total. The number of nitrogens with zero attached hydrogens (tertiary/aromatic N) is 1. The molecule has 1 aliphatic rings. The normalized spacial score (nSPS) is 15.9. The molecular formula is C18H23ClN4O3. The van der Waals surface area contributed by atoms with Crippen molar-refractivity contribution < 1.29 is 9.47 Å². The summed E-state index contributed by atoms with van der Waals surface area (Å²) in [7, 11) is 0. The van der Waals surface area contributed by atoms with Gasteiger partial charge in [0.15, 0.2) is 0 Å². The van der Waals surface area contributed by atoms with Crippen molar-refractivity contribution in [1.82, 2.24) is 9.97 Å². The summed E-state index contributed by atoms with van der Waals surface area (Å²) in [6, 6.07) is 7.85. The van der Waals surface area contributed by atoms with Gasteiger partial charge in [0.1, 0.15) is 0 Å². The van der Waals surface area contributed by atoms with Gasteiger partial charge in [0.05, 0.1) is 19.1 Å². The Labute approximate surface area is 156 Å². The molecule has 0 saturated carbocycles. The van der Waals surface area contributed by atoms with Crippen molar-refractivity contribution in [3.63, 3.8) is 0 Å². The average molecular weight is 379 g/mol. The Morgan fingerprint density at radius 1 is 1.31 bits per heavy atom. The van der Waals surface area contributed by atoms with Crippen molar-refractivity contribution in [2.75, 3.05) is 36.7 Å². The molecular weight excluding hydrogens is 356 g/mol. The van der Waals surface area contributed by atoms with Crippen LogP contribution in [0.4, 0.5) is 11.6 Å². The number of alkyl halides is 1. The Kier molecular flexibility index (Phi) is 5.80. The Bertz CT molecular complexity index is 801. The van der Waals surface area contributed by atoms with Crippen molar-refractivity contribution in [2.24, 2.45) is 0 Å². The van der Waals surface area contributed by atoms with Crippen molar-refractivity contribution in [3.8, 4) is 0 Å². The van der Waals surface area contributed by atoms with Gasteiger partial charge < -0.3 is 20.5 Å². The fourth-order valence-corrected chi connectivity index (χ4v) is 3.35. The number of nitrogens with one attached hydrogen (secondary N) is 2. The third kappa shape index (κ3) is 4.00. The highest BCUT2D eigenvalue weighted by Gasteiger charge is 2.37. The number of H-pyrrole nitrogens is 1. The number of hydrogen-bond acceptors (Lipinski definition) is 6. The molecule has 0 atom stereocenters. The highest BCUT2D eigenvalue weighted by atomic mass is 35.5. The SMILES string of the molecule is Cc1nc(N)[nH]c(=O)c1CCCNc1ccc(C2(CCl)OCCO2)cc1. The number of aryl methyl sites for hydroxylation is 1. The minimum atomic E-state index is -0.833. The fraction of sp³-hybridized carbons (Fsp3) is 0.444. The Balaban J connectivity index is 1.54. The van der Waals surface area contributed by atoms with E-state index in [2.05, 4.69) is 15.3 Å². The van der Waals surface area contributed by atoms with Crippen LogP contribution >= 0.6 is 11.6 Å². The second-order valence-electron chi connectivity index (χ2n) is 6.21. The van der Waals surface area contributed by atoms with Crippen LogP contribution in [0, 0.1) is 6.92 Å². The number of benzene rings is 1. The number of nitrogen functional groups attached to an aromatic ring is 1. The summed E-state index contributed by atoms with van der Waals surface area (Å²) in [4.78, 5) is 18.6. The second kappa shape index (κ2) is 8.07. The molecule has 1 aromatic heterocycles. The van der Waals surface area contributed by atoms with E-state index in [1.54, 1.807) is 6.92 Å². The number of hydrogen-bond donors (Lipinski definition) is 3. The summed E-state index contributed by atoms with van der Waals surface area (Å²) in [5.74, 6) is -0.427. The predicted molar refractivity (Wildman–Crippen MR) is 102 cm³/mol.